The van der Waals surface area contributed by atoms with Crippen LogP contribution in [0.25, 0.3) is 0 Å². The highest BCUT2D eigenvalue weighted by Gasteiger charge is 2.13. The molecule has 0 bridgehead atoms. The number of aliphatic hydroxyl groups is 1. The summed E-state index contributed by atoms with van der Waals surface area (Å²) in [5, 5.41) is 16.3. The number of aliphatic hydroxyl groups excluding tert-OH is 1. The van der Waals surface area contributed by atoms with Crippen LogP contribution in [0.1, 0.15) is 56.9 Å². The largest absolute Gasteiger partial charge is 0.396 e. The molecule has 6 heteroatoms. The second-order valence-corrected chi connectivity index (χ2v) is 6.92. The van der Waals surface area contributed by atoms with Crippen molar-refractivity contribution in [3.05, 3.63) is 35.9 Å². The molecule has 3 N–H and O–H groups in total. The Balaban J connectivity index is 0.00000364. The molecule has 154 valence electrons. The van der Waals surface area contributed by atoms with Crippen LogP contribution < -0.4 is 10.6 Å². The van der Waals surface area contributed by atoms with Gasteiger partial charge in [-0.15, -0.1) is 24.0 Å². The van der Waals surface area contributed by atoms with Gasteiger partial charge in [0.05, 0.1) is 19.3 Å². The van der Waals surface area contributed by atoms with E-state index in [1.54, 1.807) is 0 Å². The van der Waals surface area contributed by atoms with E-state index in [1.807, 2.05) is 30.3 Å². The maximum atomic E-state index is 9.67. The number of nitrogens with one attached hydrogen (secondary N) is 2. The highest BCUT2D eigenvalue weighted by Crippen LogP contribution is 2.20. The van der Waals surface area contributed by atoms with Gasteiger partial charge in [0, 0.05) is 25.6 Å². The van der Waals surface area contributed by atoms with Gasteiger partial charge in [0.15, 0.2) is 5.96 Å². The summed E-state index contributed by atoms with van der Waals surface area (Å²) in [6.07, 6.45) is 7.88. The second kappa shape index (κ2) is 15.1. The molecule has 1 aliphatic carbocycles. The minimum atomic E-state index is 0. The van der Waals surface area contributed by atoms with Crippen LogP contribution in [0.15, 0.2) is 35.3 Å². The fraction of sp³-hybridized carbons (Fsp3) is 0.667. The molecular weight excluding hydrogens is 453 g/mol. The van der Waals surface area contributed by atoms with Crippen molar-refractivity contribution in [3.8, 4) is 0 Å². The molecule has 1 fully saturated rings. The lowest BCUT2D eigenvalue weighted by Crippen LogP contribution is -2.38. The van der Waals surface area contributed by atoms with Gasteiger partial charge in [-0.05, 0) is 31.7 Å². The zero-order chi connectivity index (χ0) is 18.5. The molecular formula is C21H36IN3O2. The Morgan fingerprint density at radius 1 is 1.19 bits per heavy atom. The standard InChI is InChI=1S/C21H35N3O2.HI/c1-2-22-21(23-14-9-15-26-20-12-7-4-8-13-20)24-16-19(17-25)18-10-5-3-6-11-18;/h3,5-6,10-11,19-20,25H,2,4,7-9,12-17H2,1H3,(H2,22,23,24);1H. The van der Waals surface area contributed by atoms with E-state index in [-0.39, 0.29) is 36.5 Å². The maximum Gasteiger partial charge on any atom is 0.191 e. The quantitative estimate of drug-likeness (QED) is 0.203. The van der Waals surface area contributed by atoms with E-state index in [0.29, 0.717) is 12.6 Å². The van der Waals surface area contributed by atoms with Gasteiger partial charge in [0.1, 0.15) is 0 Å². The molecule has 0 radical (unpaired) electrons. The number of nitrogens with zero attached hydrogens (tertiary/aromatic N) is 1. The van der Waals surface area contributed by atoms with Crippen LogP contribution in [0.2, 0.25) is 0 Å². The lowest BCUT2D eigenvalue weighted by atomic mass is 9.98. The predicted molar refractivity (Wildman–Crippen MR) is 123 cm³/mol. The van der Waals surface area contributed by atoms with Crippen molar-refractivity contribution in [1.82, 2.24) is 10.6 Å². The molecule has 1 unspecified atom stereocenters. The molecule has 5 nitrogen and oxygen atoms in total. The molecule has 1 aromatic rings. The Morgan fingerprint density at radius 2 is 1.93 bits per heavy atom. The Hall–Kier alpha value is -0.860. The third-order valence-corrected chi connectivity index (χ3v) is 4.82. The number of guanidine groups is 1. The van der Waals surface area contributed by atoms with Crippen LogP contribution in [0, 0.1) is 0 Å². The van der Waals surface area contributed by atoms with Gasteiger partial charge in [-0.1, -0.05) is 49.6 Å². The van der Waals surface area contributed by atoms with Gasteiger partial charge in [0.25, 0.3) is 0 Å². The van der Waals surface area contributed by atoms with Crippen LogP contribution in [-0.4, -0.2) is 50.0 Å². The Morgan fingerprint density at radius 3 is 2.59 bits per heavy atom. The highest BCUT2D eigenvalue weighted by atomic mass is 127. The van der Waals surface area contributed by atoms with Crippen LogP contribution in [0.3, 0.4) is 0 Å². The van der Waals surface area contributed by atoms with E-state index < -0.39 is 0 Å². The Labute approximate surface area is 181 Å². The number of aliphatic imine (C=N–C) groups is 1. The summed E-state index contributed by atoms with van der Waals surface area (Å²) in [4.78, 5) is 4.64. The summed E-state index contributed by atoms with van der Waals surface area (Å²) >= 11 is 0. The zero-order valence-corrected chi connectivity index (χ0v) is 18.9. The average Bonchev–Trinajstić information content (AvgIpc) is 2.69. The smallest absolute Gasteiger partial charge is 0.191 e. The third kappa shape index (κ3) is 9.76. The number of rotatable bonds is 10. The molecule has 0 aromatic heterocycles. The molecule has 0 saturated heterocycles. The molecule has 0 aliphatic heterocycles. The first-order valence-electron chi connectivity index (χ1n) is 10.1. The van der Waals surface area contributed by atoms with Gasteiger partial charge in [-0.2, -0.15) is 0 Å². The van der Waals surface area contributed by atoms with Crippen molar-refractivity contribution in [2.24, 2.45) is 4.99 Å². The van der Waals surface area contributed by atoms with Gasteiger partial charge in [-0.25, -0.2) is 0 Å². The van der Waals surface area contributed by atoms with Gasteiger partial charge < -0.3 is 20.5 Å². The normalized spacial score (nSPS) is 16.4. The van der Waals surface area contributed by atoms with Gasteiger partial charge >= 0.3 is 0 Å². The average molecular weight is 489 g/mol. The summed E-state index contributed by atoms with van der Waals surface area (Å²) in [7, 11) is 0. The first kappa shape index (κ1) is 24.2. The molecule has 0 heterocycles. The van der Waals surface area contributed by atoms with Crippen LogP contribution in [-0.2, 0) is 4.74 Å². The summed E-state index contributed by atoms with van der Waals surface area (Å²) < 4.78 is 5.96. The van der Waals surface area contributed by atoms with E-state index >= 15 is 0 Å². The van der Waals surface area contributed by atoms with Crippen molar-refractivity contribution in [2.45, 2.75) is 57.5 Å². The molecule has 1 atom stereocenters. The first-order chi connectivity index (χ1) is 12.8. The zero-order valence-electron chi connectivity index (χ0n) is 16.5. The van der Waals surface area contributed by atoms with E-state index in [4.69, 9.17) is 4.74 Å². The molecule has 27 heavy (non-hydrogen) atoms. The lowest BCUT2D eigenvalue weighted by Gasteiger charge is -2.22. The molecule has 1 aromatic carbocycles. The van der Waals surface area contributed by atoms with E-state index in [9.17, 15) is 5.11 Å². The summed E-state index contributed by atoms with van der Waals surface area (Å²) in [5.74, 6) is 0.834. The Bertz CT molecular complexity index is 507. The molecule has 1 aliphatic rings. The maximum absolute atomic E-state index is 9.67. The molecule has 0 amide bonds. The summed E-state index contributed by atoms with van der Waals surface area (Å²) in [5.41, 5.74) is 1.12. The summed E-state index contributed by atoms with van der Waals surface area (Å²) in [6.45, 7) is 5.19. The second-order valence-electron chi connectivity index (χ2n) is 6.92. The van der Waals surface area contributed by atoms with E-state index in [2.05, 4.69) is 22.5 Å². The fourth-order valence-corrected chi connectivity index (χ4v) is 3.30. The monoisotopic (exact) mass is 489 g/mol. The van der Waals surface area contributed by atoms with Crippen molar-refractivity contribution >= 4 is 29.9 Å². The fourth-order valence-electron chi connectivity index (χ4n) is 3.30. The van der Waals surface area contributed by atoms with Gasteiger partial charge in [0.2, 0.25) is 0 Å². The minimum Gasteiger partial charge on any atom is -0.396 e. The number of hydrogen-bond donors (Lipinski definition) is 3. The van der Waals surface area contributed by atoms with Gasteiger partial charge in [-0.3, -0.25) is 4.99 Å². The van der Waals surface area contributed by atoms with Crippen molar-refractivity contribution in [2.75, 3.05) is 32.8 Å². The number of hydrogen-bond acceptors (Lipinski definition) is 3. The predicted octanol–water partition coefficient (Wildman–Crippen LogP) is 3.68. The van der Waals surface area contributed by atoms with E-state index in [0.717, 1.165) is 37.6 Å². The van der Waals surface area contributed by atoms with E-state index in [1.165, 1.54) is 32.1 Å². The SMILES string of the molecule is CCNC(=NCC(CO)c1ccccc1)NCCCOC1CCCCC1.I. The topological polar surface area (TPSA) is 65.9 Å². The minimum absolute atomic E-state index is 0. The number of benzene rings is 1. The molecule has 1 saturated carbocycles. The van der Waals surface area contributed by atoms with Crippen molar-refractivity contribution in [1.29, 1.82) is 0 Å². The van der Waals surface area contributed by atoms with Crippen molar-refractivity contribution in [3.63, 3.8) is 0 Å². The number of halogens is 1. The van der Waals surface area contributed by atoms with Crippen LogP contribution in [0.4, 0.5) is 0 Å². The lowest BCUT2D eigenvalue weighted by molar-refractivity contribution is 0.0277. The third-order valence-electron chi connectivity index (χ3n) is 4.82. The summed E-state index contributed by atoms with van der Waals surface area (Å²) in [6, 6.07) is 10.1. The Kier molecular flexibility index (Phi) is 13.5. The van der Waals surface area contributed by atoms with Crippen molar-refractivity contribution < 1.29 is 9.84 Å². The number of ether oxygens (including phenoxy) is 1. The highest BCUT2D eigenvalue weighted by molar-refractivity contribution is 14.0. The van der Waals surface area contributed by atoms with Crippen LogP contribution >= 0.6 is 24.0 Å². The molecule has 0 spiro atoms. The molecule has 2 rings (SSSR count). The van der Waals surface area contributed by atoms with Crippen LogP contribution in [0.5, 0.6) is 0 Å². The first-order valence-corrected chi connectivity index (χ1v) is 10.1.